The van der Waals surface area contributed by atoms with Crippen LogP contribution in [0.5, 0.6) is 0 Å². The van der Waals surface area contributed by atoms with Crippen molar-refractivity contribution in [2.24, 2.45) is 11.8 Å². The van der Waals surface area contributed by atoms with E-state index in [0.717, 1.165) is 45.2 Å². The Bertz CT molecular complexity index is 329. The summed E-state index contributed by atoms with van der Waals surface area (Å²) in [4.78, 5) is 3.69. The quantitative estimate of drug-likeness (QED) is 0.500. The van der Waals surface area contributed by atoms with E-state index in [2.05, 4.69) is 27.7 Å². The highest BCUT2D eigenvalue weighted by atomic mass is 19.4. The second kappa shape index (κ2) is 10.6. The highest BCUT2D eigenvalue weighted by molar-refractivity contribution is 4.87. The minimum absolute atomic E-state index is 0.148. The van der Waals surface area contributed by atoms with Crippen LogP contribution in [-0.2, 0) is 0 Å². The van der Waals surface area contributed by atoms with Gasteiger partial charge in [0.2, 0.25) is 0 Å². The van der Waals surface area contributed by atoms with Gasteiger partial charge in [0.15, 0.2) is 0 Å². The van der Waals surface area contributed by atoms with Gasteiger partial charge < -0.3 is 4.90 Å². The zero-order valence-corrected chi connectivity index (χ0v) is 16.0. The molecule has 0 bridgehead atoms. The molecule has 0 N–H and O–H groups in total. The van der Waals surface area contributed by atoms with E-state index in [0.29, 0.717) is 24.9 Å². The van der Waals surface area contributed by atoms with Crippen LogP contribution < -0.4 is 0 Å². The average Bonchev–Trinajstić information content (AvgIpc) is 2.47. The SMILES string of the molecule is CC(C)CCCCN1CCN(CCCCC(C)C)C(C(F)(F)F)C1. The van der Waals surface area contributed by atoms with Gasteiger partial charge in [-0.15, -0.1) is 0 Å². The molecule has 1 atom stereocenters. The fourth-order valence-corrected chi connectivity index (χ4v) is 3.41. The minimum Gasteiger partial charge on any atom is -0.300 e. The highest BCUT2D eigenvalue weighted by Crippen LogP contribution is 2.28. The molecule has 0 spiro atoms. The number of halogens is 3. The smallest absolute Gasteiger partial charge is 0.300 e. The van der Waals surface area contributed by atoms with Crippen LogP contribution in [-0.4, -0.2) is 54.7 Å². The number of hydrogen-bond acceptors (Lipinski definition) is 2. The lowest BCUT2D eigenvalue weighted by Gasteiger charge is -2.42. The van der Waals surface area contributed by atoms with Gasteiger partial charge in [-0.2, -0.15) is 13.2 Å². The average molecular weight is 351 g/mol. The Kier molecular flexibility index (Phi) is 9.65. The molecule has 2 nitrogen and oxygen atoms in total. The summed E-state index contributed by atoms with van der Waals surface area (Å²) in [6, 6.07) is -1.28. The Hall–Kier alpha value is -0.290. The fourth-order valence-electron chi connectivity index (χ4n) is 3.41. The summed E-state index contributed by atoms with van der Waals surface area (Å²) < 4.78 is 40.3. The van der Waals surface area contributed by atoms with Gasteiger partial charge in [-0.3, -0.25) is 4.90 Å². The molecule has 1 rings (SSSR count). The maximum absolute atomic E-state index is 13.4. The second-order valence-corrected chi connectivity index (χ2v) is 8.17. The van der Waals surface area contributed by atoms with E-state index in [-0.39, 0.29) is 6.54 Å². The fraction of sp³-hybridized carbons (Fsp3) is 1.00. The normalized spacial score (nSPS) is 21.1. The highest BCUT2D eigenvalue weighted by Gasteiger charge is 2.45. The number of nitrogens with zero attached hydrogens (tertiary/aromatic N) is 2. The molecule has 0 radical (unpaired) electrons. The molecule has 0 aromatic carbocycles. The Morgan fingerprint density at radius 2 is 1.38 bits per heavy atom. The molecule has 24 heavy (non-hydrogen) atoms. The summed E-state index contributed by atoms with van der Waals surface area (Å²) in [6.07, 6.45) is 2.18. The molecule has 1 unspecified atom stereocenters. The van der Waals surface area contributed by atoms with Crippen molar-refractivity contribution >= 4 is 0 Å². The monoisotopic (exact) mass is 350 g/mol. The molecule has 1 aliphatic heterocycles. The molecule has 1 saturated heterocycles. The molecule has 5 heteroatoms. The Balaban J connectivity index is 2.40. The van der Waals surface area contributed by atoms with Crippen molar-refractivity contribution in [3.63, 3.8) is 0 Å². The van der Waals surface area contributed by atoms with Crippen molar-refractivity contribution in [1.82, 2.24) is 9.80 Å². The van der Waals surface area contributed by atoms with Crippen LogP contribution in [0, 0.1) is 11.8 Å². The van der Waals surface area contributed by atoms with E-state index in [4.69, 9.17) is 0 Å². The van der Waals surface area contributed by atoms with Crippen molar-refractivity contribution in [2.45, 2.75) is 78.4 Å². The lowest BCUT2D eigenvalue weighted by molar-refractivity contribution is -0.197. The topological polar surface area (TPSA) is 6.48 Å². The minimum atomic E-state index is -4.12. The van der Waals surface area contributed by atoms with Crippen LogP contribution >= 0.6 is 0 Å². The van der Waals surface area contributed by atoms with Gasteiger partial charge in [-0.05, 0) is 37.8 Å². The standard InChI is InChI=1S/C19H37F3N2/c1-16(2)9-5-7-11-23-13-14-24(12-8-6-10-17(3)4)18(15-23)19(20,21)22/h16-18H,5-15H2,1-4H3. The van der Waals surface area contributed by atoms with Crippen molar-refractivity contribution in [3.05, 3.63) is 0 Å². The number of hydrogen-bond donors (Lipinski definition) is 0. The molecule has 144 valence electrons. The van der Waals surface area contributed by atoms with Crippen molar-refractivity contribution in [2.75, 3.05) is 32.7 Å². The molecule has 0 saturated carbocycles. The Morgan fingerprint density at radius 3 is 1.88 bits per heavy atom. The summed E-state index contributed by atoms with van der Waals surface area (Å²) >= 11 is 0. The van der Waals surface area contributed by atoms with Crippen LogP contribution in [0.4, 0.5) is 13.2 Å². The van der Waals surface area contributed by atoms with Gasteiger partial charge in [0, 0.05) is 19.6 Å². The van der Waals surface area contributed by atoms with Gasteiger partial charge in [0.25, 0.3) is 0 Å². The summed E-state index contributed by atoms with van der Waals surface area (Å²) in [5, 5.41) is 0. The maximum Gasteiger partial charge on any atom is 0.405 e. The number of alkyl halides is 3. The van der Waals surface area contributed by atoms with Gasteiger partial charge in [-0.25, -0.2) is 0 Å². The summed E-state index contributed by atoms with van der Waals surface area (Å²) in [5.74, 6) is 1.31. The van der Waals surface area contributed by atoms with Crippen LogP contribution in [0.2, 0.25) is 0 Å². The third-order valence-corrected chi connectivity index (χ3v) is 4.94. The predicted octanol–water partition coefficient (Wildman–Crippen LogP) is 5.19. The lowest BCUT2D eigenvalue weighted by Crippen LogP contribution is -2.59. The first-order valence-corrected chi connectivity index (χ1v) is 9.73. The third-order valence-electron chi connectivity index (χ3n) is 4.94. The molecule has 1 fully saturated rings. The molecule has 0 aromatic heterocycles. The Morgan fingerprint density at radius 1 is 0.833 bits per heavy atom. The zero-order chi connectivity index (χ0) is 18.2. The molecular formula is C19H37F3N2. The predicted molar refractivity (Wildman–Crippen MR) is 95.2 cm³/mol. The number of unbranched alkanes of at least 4 members (excludes halogenated alkanes) is 2. The van der Waals surface area contributed by atoms with E-state index in [9.17, 15) is 13.2 Å². The van der Waals surface area contributed by atoms with Crippen LogP contribution in [0.15, 0.2) is 0 Å². The van der Waals surface area contributed by atoms with Gasteiger partial charge in [0.1, 0.15) is 6.04 Å². The Labute approximate surface area is 146 Å². The second-order valence-electron chi connectivity index (χ2n) is 8.17. The van der Waals surface area contributed by atoms with E-state index >= 15 is 0 Å². The first-order valence-electron chi connectivity index (χ1n) is 9.73. The maximum atomic E-state index is 13.4. The summed E-state index contributed by atoms with van der Waals surface area (Å²) in [7, 11) is 0. The van der Waals surface area contributed by atoms with E-state index in [1.165, 1.54) is 6.42 Å². The van der Waals surface area contributed by atoms with Gasteiger partial charge >= 0.3 is 6.18 Å². The van der Waals surface area contributed by atoms with Crippen LogP contribution in [0.25, 0.3) is 0 Å². The summed E-state index contributed by atoms with van der Waals surface area (Å²) in [5.41, 5.74) is 0. The van der Waals surface area contributed by atoms with Crippen molar-refractivity contribution in [3.8, 4) is 0 Å². The lowest BCUT2D eigenvalue weighted by atomic mass is 10.0. The van der Waals surface area contributed by atoms with Gasteiger partial charge in [-0.1, -0.05) is 53.4 Å². The van der Waals surface area contributed by atoms with E-state index in [1.54, 1.807) is 4.90 Å². The van der Waals surface area contributed by atoms with Crippen LogP contribution in [0.1, 0.15) is 66.2 Å². The molecule has 0 aliphatic carbocycles. The molecule has 1 heterocycles. The van der Waals surface area contributed by atoms with Gasteiger partial charge in [0.05, 0.1) is 0 Å². The molecule has 0 aromatic rings. The van der Waals surface area contributed by atoms with Crippen LogP contribution in [0.3, 0.4) is 0 Å². The molecule has 1 aliphatic rings. The third kappa shape index (κ3) is 8.70. The first-order chi connectivity index (χ1) is 11.2. The number of piperazine rings is 1. The van der Waals surface area contributed by atoms with Crippen molar-refractivity contribution < 1.29 is 13.2 Å². The zero-order valence-electron chi connectivity index (χ0n) is 16.0. The van der Waals surface area contributed by atoms with E-state index < -0.39 is 12.2 Å². The van der Waals surface area contributed by atoms with Crippen molar-refractivity contribution in [1.29, 1.82) is 0 Å². The largest absolute Gasteiger partial charge is 0.405 e. The first kappa shape index (κ1) is 21.8. The van der Waals surface area contributed by atoms with E-state index in [1.807, 2.05) is 4.90 Å². The summed E-state index contributed by atoms with van der Waals surface area (Å²) in [6.45, 7) is 11.6. The molecule has 0 amide bonds. The molecular weight excluding hydrogens is 313 g/mol. The number of rotatable bonds is 10.